The highest BCUT2D eigenvalue weighted by molar-refractivity contribution is 6.08. The number of benzene rings is 3. The number of esters is 1. The van der Waals surface area contributed by atoms with E-state index in [0.717, 1.165) is 56.1 Å². The molecule has 1 atom stereocenters. The van der Waals surface area contributed by atoms with Crippen molar-refractivity contribution >= 4 is 27.6 Å². The third-order valence-corrected chi connectivity index (χ3v) is 6.72. The minimum absolute atomic E-state index is 0.0249. The Bertz CT molecular complexity index is 1420. The van der Waals surface area contributed by atoms with E-state index in [2.05, 4.69) is 18.2 Å². The van der Waals surface area contributed by atoms with Crippen LogP contribution >= 0.6 is 0 Å². The van der Waals surface area contributed by atoms with Crippen LogP contribution in [0.25, 0.3) is 32.8 Å². The van der Waals surface area contributed by atoms with Crippen LogP contribution in [0, 0.1) is 6.92 Å². The standard InChI is InChI=1S/C29H28FNO4/c1-18-15-20-5-3-4-6-21(20)27(23(18)16-25(32)35-17-29(2,33)11-12-30)22-7-8-24-26-19(10-14-34-24)9-13-31-28(22)26/h3-9,13,15,33H,10-12,14,16-17H2,1-2H3. The number of carbonyl (C=O) groups excluding carboxylic acids is 1. The van der Waals surface area contributed by atoms with Crippen LogP contribution in [-0.2, 0) is 22.4 Å². The molecule has 6 heteroatoms. The lowest BCUT2D eigenvalue weighted by Gasteiger charge is -2.23. The van der Waals surface area contributed by atoms with Crippen LogP contribution in [0.15, 0.2) is 54.7 Å². The minimum atomic E-state index is -1.40. The number of aliphatic hydroxyl groups is 1. The van der Waals surface area contributed by atoms with Crippen molar-refractivity contribution in [3.63, 3.8) is 0 Å². The van der Waals surface area contributed by atoms with Gasteiger partial charge in [-0.1, -0.05) is 30.3 Å². The van der Waals surface area contributed by atoms with Crippen LogP contribution in [0.5, 0.6) is 5.75 Å². The van der Waals surface area contributed by atoms with Gasteiger partial charge in [-0.15, -0.1) is 0 Å². The molecule has 35 heavy (non-hydrogen) atoms. The van der Waals surface area contributed by atoms with Crippen molar-refractivity contribution in [2.24, 2.45) is 0 Å². The molecule has 5 rings (SSSR count). The Hall–Kier alpha value is -3.51. The van der Waals surface area contributed by atoms with Gasteiger partial charge in [0.15, 0.2) is 0 Å². The molecule has 2 heterocycles. The summed E-state index contributed by atoms with van der Waals surface area (Å²) in [5.41, 5.74) is 4.33. The van der Waals surface area contributed by atoms with Crippen LogP contribution in [0.4, 0.5) is 4.39 Å². The molecule has 1 unspecified atom stereocenters. The number of hydrogen-bond donors (Lipinski definition) is 1. The van der Waals surface area contributed by atoms with E-state index in [0.29, 0.717) is 6.61 Å². The highest BCUT2D eigenvalue weighted by Crippen LogP contribution is 2.42. The van der Waals surface area contributed by atoms with E-state index in [1.807, 2.05) is 43.5 Å². The second-order valence-corrected chi connectivity index (χ2v) is 9.44. The van der Waals surface area contributed by atoms with Crippen molar-refractivity contribution in [3.8, 4) is 16.9 Å². The number of pyridine rings is 1. The average Bonchev–Trinajstić information content (AvgIpc) is 2.84. The fourth-order valence-electron chi connectivity index (χ4n) is 4.88. The molecule has 4 aromatic rings. The van der Waals surface area contributed by atoms with Gasteiger partial charge in [0.25, 0.3) is 0 Å². The van der Waals surface area contributed by atoms with E-state index in [1.165, 1.54) is 12.5 Å². The van der Waals surface area contributed by atoms with E-state index < -0.39 is 18.2 Å². The molecule has 0 bridgehead atoms. The minimum Gasteiger partial charge on any atom is -0.493 e. The lowest BCUT2D eigenvalue weighted by molar-refractivity contribution is -0.150. The van der Waals surface area contributed by atoms with Gasteiger partial charge in [-0.3, -0.25) is 14.2 Å². The molecule has 0 aliphatic carbocycles. The Morgan fingerprint density at radius 3 is 2.89 bits per heavy atom. The number of rotatable bonds is 7. The van der Waals surface area contributed by atoms with E-state index in [-0.39, 0.29) is 19.4 Å². The van der Waals surface area contributed by atoms with Gasteiger partial charge in [0.05, 0.1) is 30.8 Å². The van der Waals surface area contributed by atoms with Gasteiger partial charge in [-0.2, -0.15) is 0 Å². The monoisotopic (exact) mass is 473 g/mol. The molecule has 0 fully saturated rings. The third-order valence-electron chi connectivity index (χ3n) is 6.72. The lowest BCUT2D eigenvalue weighted by atomic mass is 9.87. The molecule has 1 N–H and O–H groups in total. The number of ether oxygens (including phenoxy) is 2. The van der Waals surface area contributed by atoms with Crippen LogP contribution in [0.2, 0.25) is 0 Å². The van der Waals surface area contributed by atoms with Crippen LogP contribution in [0.1, 0.15) is 30.0 Å². The summed E-state index contributed by atoms with van der Waals surface area (Å²) in [6, 6.07) is 16.2. The fourth-order valence-corrected chi connectivity index (χ4v) is 4.88. The van der Waals surface area contributed by atoms with Gasteiger partial charge in [-0.05, 0) is 65.1 Å². The molecule has 0 spiro atoms. The van der Waals surface area contributed by atoms with Crippen molar-refractivity contribution in [2.45, 2.75) is 38.7 Å². The van der Waals surface area contributed by atoms with E-state index in [1.54, 1.807) is 0 Å². The summed E-state index contributed by atoms with van der Waals surface area (Å²) in [6.45, 7) is 3.16. The zero-order valence-electron chi connectivity index (χ0n) is 19.9. The molecule has 1 aromatic heterocycles. The predicted molar refractivity (Wildman–Crippen MR) is 134 cm³/mol. The van der Waals surface area contributed by atoms with E-state index >= 15 is 0 Å². The quantitative estimate of drug-likeness (QED) is 0.359. The normalized spacial score (nSPS) is 14.5. The summed E-state index contributed by atoms with van der Waals surface area (Å²) in [5, 5.41) is 13.3. The zero-order valence-corrected chi connectivity index (χ0v) is 19.9. The average molecular weight is 474 g/mol. The SMILES string of the molecule is Cc1cc2ccccc2c(-c2ccc3c4c(ccnc24)CCO3)c1CC(=O)OCC(C)(O)CCF. The Labute approximate surface area is 203 Å². The number of aryl methyl sites for hydroxylation is 1. The summed E-state index contributed by atoms with van der Waals surface area (Å²) in [5.74, 6) is 0.355. The van der Waals surface area contributed by atoms with Gasteiger partial charge in [-0.25, -0.2) is 0 Å². The van der Waals surface area contributed by atoms with Crippen molar-refractivity contribution < 1.29 is 23.8 Å². The van der Waals surface area contributed by atoms with Crippen LogP contribution in [0.3, 0.4) is 0 Å². The number of carbonyl (C=O) groups is 1. The largest absolute Gasteiger partial charge is 0.493 e. The summed E-state index contributed by atoms with van der Waals surface area (Å²) in [7, 11) is 0. The van der Waals surface area contributed by atoms with E-state index in [4.69, 9.17) is 14.5 Å². The van der Waals surface area contributed by atoms with Crippen molar-refractivity contribution in [3.05, 3.63) is 71.4 Å². The van der Waals surface area contributed by atoms with Gasteiger partial charge in [0, 0.05) is 30.0 Å². The molecule has 0 amide bonds. The van der Waals surface area contributed by atoms with E-state index in [9.17, 15) is 14.3 Å². The lowest BCUT2D eigenvalue weighted by Crippen LogP contribution is -2.33. The second kappa shape index (κ2) is 9.27. The molecule has 180 valence electrons. The molecule has 5 nitrogen and oxygen atoms in total. The van der Waals surface area contributed by atoms with Crippen molar-refractivity contribution in [2.75, 3.05) is 19.9 Å². The summed E-state index contributed by atoms with van der Waals surface area (Å²) in [6.07, 6.45) is 2.59. The molecule has 1 aliphatic rings. The van der Waals surface area contributed by atoms with Gasteiger partial charge >= 0.3 is 5.97 Å². The first-order chi connectivity index (χ1) is 16.9. The molecule has 0 saturated heterocycles. The number of alkyl halides is 1. The molecule has 1 aliphatic heterocycles. The maximum absolute atomic E-state index is 12.9. The summed E-state index contributed by atoms with van der Waals surface area (Å²) < 4.78 is 24.0. The van der Waals surface area contributed by atoms with Gasteiger partial charge < -0.3 is 14.6 Å². The number of nitrogens with zero attached hydrogens (tertiary/aromatic N) is 1. The first kappa shape index (κ1) is 23.2. The number of aromatic nitrogens is 1. The smallest absolute Gasteiger partial charge is 0.310 e. The number of halogens is 1. The molecule has 0 saturated carbocycles. The molecule has 3 aromatic carbocycles. The second-order valence-electron chi connectivity index (χ2n) is 9.44. The zero-order chi connectivity index (χ0) is 24.6. The van der Waals surface area contributed by atoms with Gasteiger partial charge in [0.2, 0.25) is 0 Å². The number of fused-ring (bicyclic) bond motifs is 1. The topological polar surface area (TPSA) is 68.7 Å². The molecular formula is C29H28FNO4. The highest BCUT2D eigenvalue weighted by atomic mass is 19.1. The van der Waals surface area contributed by atoms with Crippen LogP contribution < -0.4 is 4.74 Å². The van der Waals surface area contributed by atoms with Crippen molar-refractivity contribution in [1.82, 2.24) is 4.98 Å². The van der Waals surface area contributed by atoms with Crippen molar-refractivity contribution in [1.29, 1.82) is 0 Å². The number of hydrogen-bond acceptors (Lipinski definition) is 5. The Morgan fingerprint density at radius 2 is 2.06 bits per heavy atom. The first-order valence-electron chi connectivity index (χ1n) is 11.9. The Balaban J connectivity index is 1.64. The fraction of sp³-hybridized carbons (Fsp3) is 0.310. The summed E-state index contributed by atoms with van der Waals surface area (Å²) in [4.78, 5) is 17.6. The maximum atomic E-state index is 12.9. The Morgan fingerprint density at radius 1 is 1.23 bits per heavy atom. The summed E-state index contributed by atoms with van der Waals surface area (Å²) >= 11 is 0. The highest BCUT2D eigenvalue weighted by Gasteiger charge is 2.25. The molecule has 0 radical (unpaired) electrons. The predicted octanol–water partition coefficient (Wildman–Crippen LogP) is 5.49. The molecular weight excluding hydrogens is 445 g/mol. The Kier molecular flexibility index (Phi) is 6.15. The maximum Gasteiger partial charge on any atom is 0.310 e. The first-order valence-corrected chi connectivity index (χ1v) is 11.9. The van der Waals surface area contributed by atoms with Crippen LogP contribution in [-0.4, -0.2) is 41.5 Å². The third kappa shape index (κ3) is 4.46. The van der Waals surface area contributed by atoms with Gasteiger partial charge in [0.1, 0.15) is 12.4 Å².